The summed E-state index contributed by atoms with van der Waals surface area (Å²) in [6.07, 6.45) is 1.27. The van der Waals surface area contributed by atoms with E-state index in [1.54, 1.807) is 48.5 Å². The molecule has 0 saturated carbocycles. The summed E-state index contributed by atoms with van der Waals surface area (Å²) in [7, 11) is 0. The number of aromatic nitrogens is 2. The van der Waals surface area contributed by atoms with E-state index in [0.29, 0.717) is 16.5 Å². The molecular weight excluding hydrogens is 410 g/mol. The van der Waals surface area contributed by atoms with Crippen LogP contribution in [0.5, 0.6) is 11.5 Å². The van der Waals surface area contributed by atoms with E-state index >= 15 is 0 Å². The Balaban J connectivity index is 2.11. The standard InChI is InChI=1S/C16H9BrClN5O2/c17-10-1-7-13(8-2-10)25-15-14(21-22-19)9-20-23(16(15)24)12-5-3-11(18)4-6-12/h1-9H. The van der Waals surface area contributed by atoms with Crippen molar-refractivity contribution in [2.24, 2.45) is 5.11 Å². The predicted octanol–water partition coefficient (Wildman–Crippen LogP) is 5.38. The van der Waals surface area contributed by atoms with Crippen LogP contribution in [0.3, 0.4) is 0 Å². The number of benzene rings is 2. The highest BCUT2D eigenvalue weighted by Gasteiger charge is 2.14. The number of halogens is 2. The maximum atomic E-state index is 12.8. The molecule has 3 aromatic rings. The zero-order chi connectivity index (χ0) is 17.8. The summed E-state index contributed by atoms with van der Waals surface area (Å²) in [6.45, 7) is 0. The van der Waals surface area contributed by atoms with E-state index in [0.717, 1.165) is 9.15 Å². The molecule has 0 saturated heterocycles. The van der Waals surface area contributed by atoms with Crippen molar-refractivity contribution in [1.82, 2.24) is 9.78 Å². The number of rotatable bonds is 4. The smallest absolute Gasteiger partial charge is 0.314 e. The van der Waals surface area contributed by atoms with Crippen molar-refractivity contribution in [2.45, 2.75) is 0 Å². The Bertz CT molecular complexity index is 1010. The molecule has 25 heavy (non-hydrogen) atoms. The second kappa shape index (κ2) is 7.40. The molecule has 0 radical (unpaired) electrons. The normalized spacial score (nSPS) is 10.2. The molecule has 0 aliphatic carbocycles. The van der Waals surface area contributed by atoms with Crippen molar-refractivity contribution in [2.75, 3.05) is 0 Å². The molecular formula is C16H9BrClN5O2. The molecule has 0 atom stereocenters. The summed E-state index contributed by atoms with van der Waals surface area (Å²) < 4.78 is 7.65. The van der Waals surface area contributed by atoms with Gasteiger partial charge < -0.3 is 4.74 Å². The lowest BCUT2D eigenvalue weighted by Gasteiger charge is -2.10. The third-order valence-electron chi connectivity index (χ3n) is 3.17. The number of hydrogen-bond acceptors (Lipinski definition) is 4. The summed E-state index contributed by atoms with van der Waals surface area (Å²) in [6, 6.07) is 13.5. The van der Waals surface area contributed by atoms with Crippen LogP contribution >= 0.6 is 27.5 Å². The molecule has 1 heterocycles. The Kier molecular flexibility index (Phi) is 5.04. The van der Waals surface area contributed by atoms with Gasteiger partial charge in [-0.25, -0.2) is 0 Å². The Morgan fingerprint density at radius 1 is 1.16 bits per heavy atom. The molecule has 0 N–H and O–H groups in total. The number of hydrogen-bond donors (Lipinski definition) is 0. The lowest BCUT2D eigenvalue weighted by molar-refractivity contribution is 0.469. The van der Waals surface area contributed by atoms with Gasteiger partial charge in [0.05, 0.1) is 11.9 Å². The fourth-order valence-corrected chi connectivity index (χ4v) is 2.42. The lowest BCUT2D eigenvalue weighted by atomic mass is 10.3. The number of azide groups is 1. The van der Waals surface area contributed by atoms with Gasteiger partial charge in [-0.3, -0.25) is 4.79 Å². The zero-order valence-electron chi connectivity index (χ0n) is 12.5. The molecule has 7 nitrogen and oxygen atoms in total. The van der Waals surface area contributed by atoms with Crippen molar-refractivity contribution in [3.8, 4) is 17.2 Å². The van der Waals surface area contributed by atoms with E-state index in [1.807, 2.05) is 0 Å². The first-order chi connectivity index (χ1) is 12.1. The molecule has 0 aliphatic rings. The highest BCUT2D eigenvalue weighted by atomic mass is 79.9. The van der Waals surface area contributed by atoms with Gasteiger partial charge in [-0.1, -0.05) is 32.6 Å². The highest BCUT2D eigenvalue weighted by Crippen LogP contribution is 2.29. The molecule has 9 heteroatoms. The van der Waals surface area contributed by atoms with Crippen LogP contribution in [0, 0.1) is 0 Å². The van der Waals surface area contributed by atoms with E-state index in [2.05, 4.69) is 31.1 Å². The Morgan fingerprint density at radius 2 is 1.84 bits per heavy atom. The fraction of sp³-hybridized carbons (Fsp3) is 0. The summed E-state index contributed by atoms with van der Waals surface area (Å²) in [5, 5.41) is 8.04. The molecule has 0 amide bonds. The van der Waals surface area contributed by atoms with E-state index in [-0.39, 0.29) is 11.4 Å². The van der Waals surface area contributed by atoms with Gasteiger partial charge in [-0.15, -0.1) is 0 Å². The molecule has 0 spiro atoms. The van der Waals surface area contributed by atoms with Crippen LogP contribution in [0.4, 0.5) is 5.69 Å². The minimum atomic E-state index is -0.560. The SMILES string of the molecule is [N-]=[N+]=Nc1cnn(-c2ccc(Cl)cc2)c(=O)c1Oc1ccc(Br)cc1. The summed E-state index contributed by atoms with van der Waals surface area (Å²) in [5.41, 5.74) is 8.64. The highest BCUT2D eigenvalue weighted by molar-refractivity contribution is 9.10. The predicted molar refractivity (Wildman–Crippen MR) is 97.9 cm³/mol. The molecule has 0 aliphatic heterocycles. The van der Waals surface area contributed by atoms with Crippen LogP contribution < -0.4 is 10.3 Å². The molecule has 1 aromatic heterocycles. The van der Waals surface area contributed by atoms with Crippen molar-refractivity contribution in [3.63, 3.8) is 0 Å². The number of nitrogens with zero attached hydrogens (tertiary/aromatic N) is 5. The first-order valence-corrected chi connectivity index (χ1v) is 8.12. The van der Waals surface area contributed by atoms with Crippen LogP contribution in [-0.4, -0.2) is 9.78 Å². The van der Waals surface area contributed by atoms with Crippen molar-refractivity contribution >= 4 is 33.2 Å². The van der Waals surface area contributed by atoms with Gasteiger partial charge in [-0.05, 0) is 54.1 Å². The number of ether oxygens (including phenoxy) is 1. The molecule has 124 valence electrons. The van der Waals surface area contributed by atoms with Gasteiger partial charge in [0.1, 0.15) is 11.4 Å². The van der Waals surface area contributed by atoms with Gasteiger partial charge in [-0.2, -0.15) is 9.78 Å². The topological polar surface area (TPSA) is 92.9 Å². The third kappa shape index (κ3) is 3.83. The largest absolute Gasteiger partial charge is 0.451 e. The third-order valence-corrected chi connectivity index (χ3v) is 3.95. The first kappa shape index (κ1) is 17.0. The summed E-state index contributed by atoms with van der Waals surface area (Å²) >= 11 is 9.19. The monoisotopic (exact) mass is 417 g/mol. The molecule has 0 unspecified atom stereocenters. The Hall–Kier alpha value is -2.80. The maximum absolute atomic E-state index is 12.8. The minimum absolute atomic E-state index is 0.000585. The quantitative estimate of drug-likeness (QED) is 0.323. The van der Waals surface area contributed by atoms with Crippen LogP contribution in [-0.2, 0) is 0 Å². The van der Waals surface area contributed by atoms with Gasteiger partial charge in [0, 0.05) is 14.4 Å². The Labute approximate surface area is 155 Å². The molecule has 2 aromatic carbocycles. The second-order valence-corrected chi connectivity index (χ2v) is 6.15. The van der Waals surface area contributed by atoms with Crippen molar-refractivity contribution < 1.29 is 4.74 Å². The van der Waals surface area contributed by atoms with E-state index in [9.17, 15) is 4.79 Å². The summed E-state index contributed by atoms with van der Waals surface area (Å²) in [5.74, 6) is 0.300. The lowest BCUT2D eigenvalue weighted by Crippen LogP contribution is -2.21. The molecule has 3 rings (SSSR count). The second-order valence-electron chi connectivity index (χ2n) is 4.80. The van der Waals surface area contributed by atoms with Crippen LogP contribution in [0.1, 0.15) is 0 Å². The van der Waals surface area contributed by atoms with Gasteiger partial charge in [0.25, 0.3) is 0 Å². The van der Waals surface area contributed by atoms with Crippen molar-refractivity contribution in [1.29, 1.82) is 0 Å². The van der Waals surface area contributed by atoms with E-state index in [4.69, 9.17) is 21.9 Å². The van der Waals surface area contributed by atoms with Crippen molar-refractivity contribution in [3.05, 3.63) is 85.0 Å². The van der Waals surface area contributed by atoms with Crippen LogP contribution in [0.25, 0.3) is 16.1 Å². The fourth-order valence-electron chi connectivity index (χ4n) is 2.03. The Morgan fingerprint density at radius 3 is 2.48 bits per heavy atom. The van der Waals surface area contributed by atoms with Crippen LogP contribution in [0.15, 0.2) is 69.1 Å². The molecule has 0 bridgehead atoms. The zero-order valence-corrected chi connectivity index (χ0v) is 14.8. The van der Waals surface area contributed by atoms with E-state index < -0.39 is 5.56 Å². The molecule has 0 fully saturated rings. The van der Waals surface area contributed by atoms with Crippen LogP contribution in [0.2, 0.25) is 5.02 Å². The first-order valence-electron chi connectivity index (χ1n) is 6.95. The van der Waals surface area contributed by atoms with Gasteiger partial charge in [0.2, 0.25) is 5.75 Å². The maximum Gasteiger partial charge on any atom is 0.314 e. The van der Waals surface area contributed by atoms with Gasteiger partial charge in [0.15, 0.2) is 0 Å². The van der Waals surface area contributed by atoms with Gasteiger partial charge >= 0.3 is 5.56 Å². The van der Waals surface area contributed by atoms with E-state index in [1.165, 1.54) is 6.20 Å². The average molecular weight is 419 g/mol. The summed E-state index contributed by atoms with van der Waals surface area (Å²) in [4.78, 5) is 15.5. The minimum Gasteiger partial charge on any atom is -0.451 e. The average Bonchev–Trinajstić information content (AvgIpc) is 2.61.